The summed E-state index contributed by atoms with van der Waals surface area (Å²) in [5, 5.41) is 7.21. The summed E-state index contributed by atoms with van der Waals surface area (Å²) >= 11 is 1.66. The summed E-state index contributed by atoms with van der Waals surface area (Å²) < 4.78 is 5.58. The zero-order chi connectivity index (χ0) is 16.8. The number of fused-ring (bicyclic) bond motifs is 2. The number of carbonyl (C=O) groups excluding carboxylic acids is 1. The number of anilines is 3. The number of rotatable bonds is 2. The fourth-order valence-corrected chi connectivity index (χ4v) is 3.70. The molecule has 0 fully saturated rings. The van der Waals surface area contributed by atoms with Gasteiger partial charge in [0.1, 0.15) is 22.7 Å². The molecule has 0 spiro atoms. The van der Waals surface area contributed by atoms with Crippen molar-refractivity contribution in [3.05, 3.63) is 35.0 Å². The van der Waals surface area contributed by atoms with E-state index in [9.17, 15) is 4.79 Å². The number of nitrogens with zero attached hydrogens (tertiary/aromatic N) is 2. The first-order chi connectivity index (χ1) is 11.5. The Hall–Kier alpha value is -2.67. The smallest absolute Gasteiger partial charge is 0.265 e. The number of nitrogens with one attached hydrogen (secondary N) is 2. The molecule has 122 valence electrons. The third kappa shape index (κ3) is 2.37. The topological polar surface area (TPSA) is 76.1 Å². The molecule has 0 bridgehead atoms. The van der Waals surface area contributed by atoms with E-state index in [2.05, 4.69) is 34.4 Å². The number of carbonyl (C=O) groups is 1. The lowest BCUT2D eigenvalue weighted by molar-refractivity contribution is -0.122. The first-order valence-corrected chi connectivity index (χ1v) is 8.44. The first-order valence-electron chi connectivity index (χ1n) is 7.62. The summed E-state index contributed by atoms with van der Waals surface area (Å²) in [4.78, 5) is 22.7. The van der Waals surface area contributed by atoms with Crippen molar-refractivity contribution < 1.29 is 9.53 Å². The Morgan fingerprint density at radius 1 is 1.29 bits per heavy atom. The maximum Gasteiger partial charge on any atom is 0.265 e. The highest BCUT2D eigenvalue weighted by Crippen LogP contribution is 2.36. The van der Waals surface area contributed by atoms with Gasteiger partial charge in [-0.05, 0) is 44.5 Å². The molecule has 2 N–H and O–H groups in total. The second-order valence-corrected chi connectivity index (χ2v) is 6.97. The Bertz CT molecular complexity index is 967. The van der Waals surface area contributed by atoms with Gasteiger partial charge < -0.3 is 15.4 Å². The first kappa shape index (κ1) is 14.9. The Morgan fingerprint density at radius 2 is 2.12 bits per heavy atom. The minimum atomic E-state index is -0.478. The molecule has 0 aliphatic carbocycles. The van der Waals surface area contributed by atoms with E-state index >= 15 is 0 Å². The van der Waals surface area contributed by atoms with Crippen LogP contribution in [0.3, 0.4) is 0 Å². The van der Waals surface area contributed by atoms with Gasteiger partial charge in [0.2, 0.25) is 0 Å². The molecule has 1 atom stereocenters. The van der Waals surface area contributed by atoms with Crippen LogP contribution in [0.1, 0.15) is 17.4 Å². The van der Waals surface area contributed by atoms with Crippen LogP contribution in [0.5, 0.6) is 5.75 Å². The van der Waals surface area contributed by atoms with Crippen molar-refractivity contribution in [2.45, 2.75) is 26.9 Å². The number of hydrogen-bond acceptors (Lipinski definition) is 6. The van der Waals surface area contributed by atoms with E-state index in [1.807, 2.05) is 18.2 Å². The second-order valence-electron chi connectivity index (χ2n) is 5.77. The average Bonchev–Trinajstić information content (AvgIpc) is 2.84. The van der Waals surface area contributed by atoms with E-state index in [4.69, 9.17) is 4.74 Å². The molecule has 3 heterocycles. The van der Waals surface area contributed by atoms with Gasteiger partial charge >= 0.3 is 0 Å². The van der Waals surface area contributed by atoms with Crippen LogP contribution in [-0.2, 0) is 4.79 Å². The molecule has 1 unspecified atom stereocenters. The number of amides is 1. The van der Waals surface area contributed by atoms with Gasteiger partial charge in [0.15, 0.2) is 6.10 Å². The lowest BCUT2D eigenvalue weighted by Crippen LogP contribution is -2.34. The summed E-state index contributed by atoms with van der Waals surface area (Å²) in [6, 6.07) is 5.60. The molecule has 1 aliphatic rings. The van der Waals surface area contributed by atoms with Crippen LogP contribution in [-0.4, -0.2) is 22.0 Å². The number of aromatic nitrogens is 2. The van der Waals surface area contributed by atoms with E-state index in [-0.39, 0.29) is 5.91 Å². The van der Waals surface area contributed by atoms with E-state index in [1.54, 1.807) is 24.6 Å². The van der Waals surface area contributed by atoms with Crippen molar-refractivity contribution in [2.24, 2.45) is 0 Å². The molecule has 1 amide bonds. The van der Waals surface area contributed by atoms with Gasteiger partial charge in [-0.2, -0.15) is 0 Å². The van der Waals surface area contributed by atoms with Gasteiger partial charge in [0.25, 0.3) is 5.91 Å². The normalized spacial score (nSPS) is 16.5. The van der Waals surface area contributed by atoms with Gasteiger partial charge in [-0.15, -0.1) is 11.3 Å². The molecule has 24 heavy (non-hydrogen) atoms. The average molecular weight is 340 g/mol. The summed E-state index contributed by atoms with van der Waals surface area (Å²) in [7, 11) is 0. The number of ether oxygens (including phenoxy) is 1. The molecule has 1 aromatic carbocycles. The predicted molar refractivity (Wildman–Crippen MR) is 95.3 cm³/mol. The Balaban J connectivity index is 1.72. The van der Waals surface area contributed by atoms with Gasteiger partial charge in [-0.3, -0.25) is 4.79 Å². The van der Waals surface area contributed by atoms with Crippen molar-refractivity contribution in [1.29, 1.82) is 0 Å². The predicted octanol–water partition coefficient (Wildman–Crippen LogP) is 3.77. The molecular weight excluding hydrogens is 324 g/mol. The van der Waals surface area contributed by atoms with Gasteiger partial charge in [0, 0.05) is 10.6 Å². The van der Waals surface area contributed by atoms with Crippen LogP contribution in [0.4, 0.5) is 17.2 Å². The molecular formula is C17H16N4O2S. The van der Waals surface area contributed by atoms with Crippen LogP contribution in [0.25, 0.3) is 10.2 Å². The third-order valence-corrected chi connectivity index (χ3v) is 5.25. The molecule has 7 heteroatoms. The van der Waals surface area contributed by atoms with Crippen molar-refractivity contribution >= 4 is 44.7 Å². The van der Waals surface area contributed by atoms with E-state index in [0.29, 0.717) is 11.4 Å². The highest BCUT2D eigenvalue weighted by Gasteiger charge is 2.23. The summed E-state index contributed by atoms with van der Waals surface area (Å²) in [5.74, 6) is 1.29. The summed E-state index contributed by atoms with van der Waals surface area (Å²) in [6.07, 6.45) is 1.08. The third-order valence-electron chi connectivity index (χ3n) is 4.14. The van der Waals surface area contributed by atoms with Crippen LogP contribution in [0.2, 0.25) is 0 Å². The highest BCUT2D eigenvalue weighted by molar-refractivity contribution is 7.18. The Labute approximate surface area is 142 Å². The number of thiophene rings is 1. The van der Waals surface area contributed by atoms with Crippen LogP contribution >= 0.6 is 11.3 Å². The molecule has 1 aliphatic heterocycles. The van der Waals surface area contributed by atoms with Crippen molar-refractivity contribution in [3.63, 3.8) is 0 Å². The lowest BCUT2D eigenvalue weighted by Gasteiger charge is -2.23. The van der Waals surface area contributed by atoms with Crippen molar-refractivity contribution in [3.8, 4) is 5.75 Å². The van der Waals surface area contributed by atoms with Crippen molar-refractivity contribution in [2.75, 3.05) is 10.6 Å². The highest BCUT2D eigenvalue weighted by atomic mass is 32.1. The second kappa shape index (κ2) is 5.45. The van der Waals surface area contributed by atoms with Crippen LogP contribution < -0.4 is 15.4 Å². The van der Waals surface area contributed by atoms with Crippen molar-refractivity contribution in [1.82, 2.24) is 9.97 Å². The summed E-state index contributed by atoms with van der Waals surface area (Å²) in [5.41, 5.74) is 2.67. The minimum absolute atomic E-state index is 0.145. The molecule has 2 aromatic heterocycles. The molecule has 0 radical (unpaired) electrons. The lowest BCUT2D eigenvalue weighted by atomic mass is 10.2. The molecule has 0 saturated carbocycles. The number of aryl methyl sites for hydroxylation is 2. The minimum Gasteiger partial charge on any atom is -0.479 e. The molecule has 3 aromatic rings. The van der Waals surface area contributed by atoms with Crippen LogP contribution in [0.15, 0.2) is 24.5 Å². The zero-order valence-corrected chi connectivity index (χ0v) is 14.3. The quantitative estimate of drug-likeness (QED) is 0.742. The Kier molecular flexibility index (Phi) is 3.38. The Morgan fingerprint density at radius 3 is 2.96 bits per heavy atom. The monoisotopic (exact) mass is 340 g/mol. The van der Waals surface area contributed by atoms with E-state index in [0.717, 1.165) is 21.7 Å². The largest absolute Gasteiger partial charge is 0.479 e. The van der Waals surface area contributed by atoms with E-state index < -0.39 is 6.10 Å². The molecule has 6 nitrogen and oxygen atoms in total. The van der Waals surface area contributed by atoms with E-state index in [1.165, 1.54) is 10.4 Å². The number of hydrogen-bond donors (Lipinski definition) is 2. The van der Waals surface area contributed by atoms with Crippen LogP contribution in [0, 0.1) is 13.8 Å². The molecule has 0 saturated heterocycles. The fourth-order valence-electron chi connectivity index (χ4n) is 2.70. The standard InChI is InChI=1S/C17H16N4O2S/c1-8-10(3)24-17-14(8)15(18-7-19-17)20-11-4-5-13-12(6-11)21-16(22)9(2)23-13/h4-7,9H,1-3H3,(H,21,22)(H,18,19,20). The maximum atomic E-state index is 11.8. The van der Waals surface area contributed by atoms with Gasteiger partial charge in [0.05, 0.1) is 11.1 Å². The zero-order valence-electron chi connectivity index (χ0n) is 13.5. The number of benzene rings is 1. The fraction of sp³-hybridized carbons (Fsp3) is 0.235. The summed E-state index contributed by atoms with van der Waals surface area (Å²) in [6.45, 7) is 5.88. The van der Waals surface area contributed by atoms with Gasteiger partial charge in [-0.25, -0.2) is 9.97 Å². The maximum absolute atomic E-state index is 11.8. The molecule has 4 rings (SSSR count). The SMILES string of the molecule is Cc1sc2ncnc(Nc3ccc4c(c3)NC(=O)C(C)O4)c2c1C. The van der Waals surface area contributed by atoms with Gasteiger partial charge in [-0.1, -0.05) is 0 Å².